The van der Waals surface area contributed by atoms with E-state index in [1.54, 1.807) is 37.3 Å². The van der Waals surface area contributed by atoms with E-state index >= 15 is 0 Å². The summed E-state index contributed by atoms with van der Waals surface area (Å²) in [5.41, 5.74) is 1.70. The minimum atomic E-state index is -0.447. The average molecular weight is 384 g/mol. The molecule has 0 radical (unpaired) electrons. The molecule has 2 aromatic carbocycles. The highest BCUT2D eigenvalue weighted by molar-refractivity contribution is 8.02. The molecule has 0 saturated carbocycles. The number of nitro groups is 1. The fraction of sp³-hybridized carbons (Fsp3) is 0.118. The van der Waals surface area contributed by atoms with Gasteiger partial charge in [0.1, 0.15) is 0 Å². The maximum atomic E-state index is 12.3. The fourth-order valence-electron chi connectivity index (χ4n) is 2.17. The topological polar surface area (TPSA) is 109 Å². The van der Waals surface area contributed by atoms with Crippen molar-refractivity contribution in [3.63, 3.8) is 0 Å². The molecule has 0 bridgehead atoms. The highest BCUT2D eigenvalue weighted by Crippen LogP contribution is 2.34. The molecule has 0 aliphatic heterocycles. The van der Waals surface area contributed by atoms with E-state index in [0.29, 0.717) is 25.8 Å². The summed E-state index contributed by atoms with van der Waals surface area (Å²) in [6, 6.07) is 13.2. The lowest BCUT2D eigenvalue weighted by Crippen LogP contribution is -2.22. The van der Waals surface area contributed by atoms with Gasteiger partial charge in [0.05, 0.1) is 32.0 Å². The predicted octanol–water partition coefficient (Wildman–Crippen LogP) is 4.20. The third kappa shape index (κ3) is 3.99. The summed E-state index contributed by atoms with van der Waals surface area (Å²) in [6.45, 7) is 1.75. The monoisotopic (exact) mass is 384 g/mol. The van der Waals surface area contributed by atoms with Crippen molar-refractivity contribution < 1.29 is 9.72 Å². The van der Waals surface area contributed by atoms with Crippen molar-refractivity contribution in [3.05, 3.63) is 58.1 Å². The van der Waals surface area contributed by atoms with Gasteiger partial charge in [-0.25, -0.2) is 4.98 Å². The molecule has 130 valence electrons. The summed E-state index contributed by atoms with van der Waals surface area (Å²) in [5.74, 6) is -0.213. The Morgan fingerprint density at radius 1 is 1.38 bits per heavy atom. The lowest BCUT2D eigenvalue weighted by molar-refractivity contribution is -0.384. The molecule has 3 aromatic rings. The Labute approximate surface area is 156 Å². The molecule has 1 aromatic heterocycles. The maximum absolute atomic E-state index is 12.3. The van der Waals surface area contributed by atoms with Crippen LogP contribution in [0.4, 0.5) is 11.4 Å². The van der Waals surface area contributed by atoms with Gasteiger partial charge in [-0.3, -0.25) is 14.9 Å². The Kier molecular flexibility index (Phi) is 5.16. The number of benzene rings is 2. The molecule has 3 rings (SSSR count). The van der Waals surface area contributed by atoms with E-state index in [1.165, 1.54) is 35.2 Å². The molecule has 1 atom stereocenters. The maximum Gasteiger partial charge on any atom is 0.270 e. The smallest absolute Gasteiger partial charge is 0.270 e. The third-order valence-corrected chi connectivity index (χ3v) is 5.68. The van der Waals surface area contributed by atoms with Crippen LogP contribution in [0.1, 0.15) is 12.5 Å². The fourth-order valence-corrected chi connectivity index (χ4v) is 4.42. The Morgan fingerprint density at radius 3 is 2.92 bits per heavy atom. The number of non-ortho nitro benzene ring substituents is 1. The minimum absolute atomic E-state index is 0.0147. The van der Waals surface area contributed by atoms with Gasteiger partial charge in [0.25, 0.3) is 5.69 Å². The van der Waals surface area contributed by atoms with Gasteiger partial charge < -0.3 is 5.32 Å². The van der Waals surface area contributed by atoms with Crippen LogP contribution in [0, 0.1) is 21.4 Å². The van der Waals surface area contributed by atoms with Crippen LogP contribution < -0.4 is 5.32 Å². The first kappa shape index (κ1) is 17.8. The van der Waals surface area contributed by atoms with Crippen molar-refractivity contribution in [3.8, 4) is 6.07 Å². The van der Waals surface area contributed by atoms with Crippen LogP contribution in [-0.4, -0.2) is 21.1 Å². The highest BCUT2D eigenvalue weighted by atomic mass is 32.2. The number of nitrogens with zero attached hydrogens (tertiary/aromatic N) is 3. The number of thioether (sulfide) groups is 1. The van der Waals surface area contributed by atoms with Gasteiger partial charge in [0.2, 0.25) is 5.91 Å². The SMILES string of the molecule is C[C@@H](Sc1nc2ccc([N+](=O)[O-])cc2s1)C(=O)Nc1cccc(C#N)c1. The first-order valence-corrected chi connectivity index (χ1v) is 9.18. The van der Waals surface area contributed by atoms with Gasteiger partial charge >= 0.3 is 0 Å². The second-order valence-electron chi connectivity index (χ2n) is 5.33. The zero-order chi connectivity index (χ0) is 18.7. The summed E-state index contributed by atoms with van der Waals surface area (Å²) < 4.78 is 1.37. The number of amides is 1. The van der Waals surface area contributed by atoms with Crippen molar-refractivity contribution in [1.82, 2.24) is 4.98 Å². The molecule has 0 fully saturated rings. The van der Waals surface area contributed by atoms with E-state index in [1.807, 2.05) is 6.07 Å². The van der Waals surface area contributed by atoms with Crippen LogP contribution >= 0.6 is 23.1 Å². The number of anilines is 1. The lowest BCUT2D eigenvalue weighted by Gasteiger charge is -2.10. The number of carbonyl (C=O) groups excluding carboxylic acids is 1. The van der Waals surface area contributed by atoms with Crippen molar-refractivity contribution in [2.45, 2.75) is 16.5 Å². The Morgan fingerprint density at radius 2 is 2.19 bits per heavy atom. The van der Waals surface area contributed by atoms with Gasteiger partial charge in [0.15, 0.2) is 4.34 Å². The number of thiazole rings is 1. The Hall–Kier alpha value is -2.96. The van der Waals surface area contributed by atoms with E-state index in [-0.39, 0.29) is 11.6 Å². The van der Waals surface area contributed by atoms with Crippen LogP contribution in [0.3, 0.4) is 0 Å². The summed E-state index contributed by atoms with van der Waals surface area (Å²) in [7, 11) is 0. The molecule has 0 aliphatic carbocycles. The Bertz CT molecular complexity index is 1040. The quantitative estimate of drug-likeness (QED) is 0.401. The van der Waals surface area contributed by atoms with Gasteiger partial charge in [-0.1, -0.05) is 17.8 Å². The van der Waals surface area contributed by atoms with Gasteiger partial charge in [-0.15, -0.1) is 11.3 Å². The van der Waals surface area contributed by atoms with Crippen LogP contribution in [0.5, 0.6) is 0 Å². The van der Waals surface area contributed by atoms with E-state index < -0.39 is 10.2 Å². The number of carbonyl (C=O) groups is 1. The molecule has 1 N–H and O–H groups in total. The van der Waals surface area contributed by atoms with Crippen LogP contribution in [-0.2, 0) is 4.79 Å². The third-order valence-electron chi connectivity index (χ3n) is 3.47. The number of hydrogen-bond acceptors (Lipinski definition) is 7. The molecule has 9 heteroatoms. The molecule has 7 nitrogen and oxygen atoms in total. The molecule has 1 heterocycles. The minimum Gasteiger partial charge on any atom is -0.325 e. The zero-order valence-corrected chi connectivity index (χ0v) is 15.1. The number of hydrogen-bond donors (Lipinski definition) is 1. The van der Waals surface area contributed by atoms with Crippen molar-refractivity contribution in [1.29, 1.82) is 5.26 Å². The van der Waals surface area contributed by atoms with E-state index in [4.69, 9.17) is 5.26 Å². The van der Waals surface area contributed by atoms with Crippen LogP contribution in [0.25, 0.3) is 10.2 Å². The van der Waals surface area contributed by atoms with Gasteiger partial charge in [0, 0.05) is 17.8 Å². The van der Waals surface area contributed by atoms with Gasteiger partial charge in [-0.2, -0.15) is 5.26 Å². The molecular weight excluding hydrogens is 372 g/mol. The number of nitriles is 1. The standard InChI is InChI=1S/C17H12N4O3S2/c1-10(16(22)19-12-4-2-3-11(7-12)9-18)25-17-20-14-6-5-13(21(23)24)8-15(14)26-17/h2-8,10H,1H3,(H,19,22)/t10-/m1/s1. The second kappa shape index (κ2) is 7.51. The number of fused-ring (bicyclic) bond motifs is 1. The second-order valence-corrected chi connectivity index (χ2v) is 7.95. The summed E-state index contributed by atoms with van der Waals surface area (Å²) in [6.07, 6.45) is 0. The number of rotatable bonds is 5. The molecular formula is C17H12N4O3S2. The number of nitro benzene ring substituents is 1. The van der Waals surface area contributed by atoms with Crippen LogP contribution in [0.15, 0.2) is 46.8 Å². The molecule has 0 aliphatic rings. The van der Waals surface area contributed by atoms with E-state index in [2.05, 4.69) is 10.3 Å². The van der Waals surface area contributed by atoms with Crippen molar-refractivity contribution >= 4 is 50.6 Å². The summed E-state index contributed by atoms with van der Waals surface area (Å²) in [4.78, 5) is 27.2. The normalized spacial score (nSPS) is 11.7. The first-order chi connectivity index (χ1) is 12.5. The molecule has 26 heavy (non-hydrogen) atoms. The van der Waals surface area contributed by atoms with E-state index in [9.17, 15) is 14.9 Å². The number of nitrogens with one attached hydrogen (secondary N) is 1. The zero-order valence-electron chi connectivity index (χ0n) is 13.5. The summed E-state index contributed by atoms with van der Waals surface area (Å²) in [5, 5.41) is 22.1. The predicted molar refractivity (Wildman–Crippen MR) is 101 cm³/mol. The van der Waals surface area contributed by atoms with E-state index in [0.717, 1.165) is 0 Å². The first-order valence-electron chi connectivity index (χ1n) is 7.49. The highest BCUT2D eigenvalue weighted by Gasteiger charge is 2.18. The molecule has 1 amide bonds. The van der Waals surface area contributed by atoms with Gasteiger partial charge in [-0.05, 0) is 31.2 Å². The largest absolute Gasteiger partial charge is 0.325 e. The summed E-state index contributed by atoms with van der Waals surface area (Å²) >= 11 is 2.59. The van der Waals surface area contributed by atoms with Crippen molar-refractivity contribution in [2.24, 2.45) is 0 Å². The lowest BCUT2D eigenvalue weighted by atomic mass is 10.2. The molecule has 0 unspecified atom stereocenters. The molecule has 0 spiro atoms. The van der Waals surface area contributed by atoms with Crippen LogP contribution in [0.2, 0.25) is 0 Å². The number of aromatic nitrogens is 1. The van der Waals surface area contributed by atoms with Crippen molar-refractivity contribution in [2.75, 3.05) is 5.32 Å². The Balaban J connectivity index is 1.71. The average Bonchev–Trinajstić information content (AvgIpc) is 3.03. The molecule has 0 saturated heterocycles.